The molecule has 0 heterocycles. The molecule has 0 bridgehead atoms. The number of carbonyl (C=O) groups is 1. The Morgan fingerprint density at radius 3 is 1.11 bits per heavy atom. The summed E-state index contributed by atoms with van der Waals surface area (Å²) in [5.74, 6) is 0.403. The standard InChI is InChI=1S/C46H90O4S3/c1-19-39(17,20-2)37(47)41(23-5,24-6)35-36-42(25-7,26-8)38(51)43(27-9,28-10)44(29-11,30-12)52(48)45(31-13,32-14)46(33-15,34-16)53(49,50)40(18,21-3)22-4/h19-36H2,1-18H3. The Hall–Kier alpha value is -0.140. The zero-order valence-electron chi connectivity index (χ0n) is 38.6. The number of sulfone groups is 1. The van der Waals surface area contributed by atoms with Gasteiger partial charge in [-0.05, 0) is 122 Å². The number of hydrogen-bond donors (Lipinski definition) is 0. The molecule has 1 atom stereocenters. The predicted octanol–water partition coefficient (Wildman–Crippen LogP) is 14.4. The van der Waals surface area contributed by atoms with E-state index in [0.717, 1.165) is 69.1 Å². The minimum absolute atomic E-state index is 0.325. The SMILES string of the molecule is CCC(C)(CC)C(=O)C(CC)(CC)CCC(CC)(CC)C(=S)C(CC)(CC)C(CC)(CC)S(=O)C(CC)(CC)C(CC)(CC)S(=O)(=O)C(C)(CC)CC. The number of thiocarbonyl (C=S) groups is 1. The molecule has 0 rings (SSSR count). The second-order valence-corrected chi connectivity index (χ2v) is 22.5. The first-order valence-corrected chi connectivity index (χ1v) is 25.4. The summed E-state index contributed by atoms with van der Waals surface area (Å²) in [4.78, 5) is 15.5. The number of rotatable bonds is 29. The monoisotopic (exact) mass is 803 g/mol. The van der Waals surface area contributed by atoms with E-state index in [1.165, 1.54) is 0 Å². The first kappa shape index (κ1) is 52.9. The maximum absolute atomic E-state index is 16.5. The summed E-state index contributed by atoms with van der Waals surface area (Å²) in [5.41, 5.74) is -1.65. The van der Waals surface area contributed by atoms with Gasteiger partial charge < -0.3 is 0 Å². The molecule has 0 aliphatic heterocycles. The highest BCUT2D eigenvalue weighted by atomic mass is 32.2. The van der Waals surface area contributed by atoms with Crippen LogP contribution in [0.5, 0.6) is 0 Å². The van der Waals surface area contributed by atoms with Gasteiger partial charge in [0.05, 0.1) is 19.0 Å². The van der Waals surface area contributed by atoms with Gasteiger partial charge >= 0.3 is 0 Å². The van der Waals surface area contributed by atoms with E-state index in [2.05, 4.69) is 90.0 Å². The summed E-state index contributed by atoms with van der Waals surface area (Å²) in [5, 5.41) is 0. The first-order valence-electron chi connectivity index (χ1n) is 22.4. The molecule has 0 saturated carbocycles. The van der Waals surface area contributed by atoms with Crippen LogP contribution in [0.3, 0.4) is 0 Å². The van der Waals surface area contributed by atoms with Crippen LogP contribution in [0.4, 0.5) is 0 Å². The van der Waals surface area contributed by atoms with E-state index in [1.807, 2.05) is 34.6 Å². The lowest BCUT2D eigenvalue weighted by Crippen LogP contribution is -2.70. The van der Waals surface area contributed by atoms with E-state index in [9.17, 15) is 4.79 Å². The Balaban J connectivity index is 8.19. The summed E-state index contributed by atoms with van der Waals surface area (Å²) in [6.07, 6.45) is 12.4. The van der Waals surface area contributed by atoms with Gasteiger partial charge in [-0.1, -0.05) is 130 Å². The highest BCUT2D eigenvalue weighted by Gasteiger charge is 2.68. The molecule has 0 radical (unpaired) electrons. The second kappa shape index (κ2) is 20.5. The van der Waals surface area contributed by atoms with Crippen molar-refractivity contribution < 1.29 is 17.4 Å². The van der Waals surface area contributed by atoms with Crippen LogP contribution in [0.25, 0.3) is 0 Å². The third-order valence-electron chi connectivity index (χ3n) is 17.0. The summed E-state index contributed by atoms with van der Waals surface area (Å²) in [7, 11) is -5.32. The molecular formula is C46H90O4S3. The summed E-state index contributed by atoms with van der Waals surface area (Å²) >= 11 is 6.94. The maximum Gasteiger partial charge on any atom is 0.162 e. The highest BCUT2D eigenvalue weighted by Crippen LogP contribution is 2.61. The first-order chi connectivity index (χ1) is 24.6. The molecule has 0 amide bonds. The lowest BCUT2D eigenvalue weighted by Gasteiger charge is -2.60. The average Bonchev–Trinajstić information content (AvgIpc) is 3.19. The van der Waals surface area contributed by atoms with Crippen molar-refractivity contribution in [2.45, 2.75) is 259 Å². The van der Waals surface area contributed by atoms with Crippen molar-refractivity contribution in [2.24, 2.45) is 21.7 Å². The van der Waals surface area contributed by atoms with Crippen molar-refractivity contribution in [3.63, 3.8) is 0 Å². The Kier molecular flexibility index (Phi) is 20.5. The van der Waals surface area contributed by atoms with Crippen molar-refractivity contribution in [3.8, 4) is 0 Å². The molecular weight excluding hydrogens is 713 g/mol. The molecule has 4 nitrogen and oxygen atoms in total. The molecule has 0 aliphatic carbocycles. The summed E-state index contributed by atoms with van der Waals surface area (Å²) < 4.78 is 43.5. The number of carbonyl (C=O) groups excluding carboxylic acids is 1. The topological polar surface area (TPSA) is 68.3 Å². The Morgan fingerprint density at radius 2 is 0.849 bits per heavy atom. The summed E-state index contributed by atoms with van der Waals surface area (Å²) in [6.45, 7) is 38.3. The van der Waals surface area contributed by atoms with Gasteiger partial charge in [0.15, 0.2) is 9.84 Å². The third kappa shape index (κ3) is 8.01. The van der Waals surface area contributed by atoms with Gasteiger partial charge in [-0.15, -0.1) is 0 Å². The highest BCUT2D eigenvalue weighted by molar-refractivity contribution is 7.96. The molecule has 53 heavy (non-hydrogen) atoms. The minimum Gasteiger partial charge on any atom is -0.298 e. The maximum atomic E-state index is 16.5. The van der Waals surface area contributed by atoms with Crippen LogP contribution in [0.1, 0.15) is 240 Å². The fraction of sp³-hybridized carbons (Fsp3) is 0.957. The van der Waals surface area contributed by atoms with E-state index in [-0.39, 0.29) is 10.8 Å². The van der Waals surface area contributed by atoms with Gasteiger partial charge in [0.1, 0.15) is 5.78 Å². The molecule has 1 unspecified atom stereocenters. The lowest BCUT2D eigenvalue weighted by molar-refractivity contribution is -0.140. The smallest absolute Gasteiger partial charge is 0.162 e. The minimum atomic E-state index is -3.76. The average molecular weight is 803 g/mol. The lowest BCUT2D eigenvalue weighted by atomic mass is 9.56. The Bertz CT molecular complexity index is 1260. The van der Waals surface area contributed by atoms with Crippen LogP contribution in [0, 0.1) is 21.7 Å². The second-order valence-electron chi connectivity index (χ2n) is 17.2. The number of hydrogen-bond acceptors (Lipinski definition) is 5. The quantitative estimate of drug-likeness (QED) is 0.0705. The molecule has 0 aromatic rings. The molecule has 0 fully saturated rings. The molecule has 0 spiro atoms. The molecule has 0 aromatic heterocycles. The zero-order valence-corrected chi connectivity index (χ0v) is 41.0. The predicted molar refractivity (Wildman–Crippen MR) is 241 cm³/mol. The largest absolute Gasteiger partial charge is 0.298 e. The van der Waals surface area contributed by atoms with Crippen molar-refractivity contribution in [1.82, 2.24) is 0 Å². The van der Waals surface area contributed by atoms with Crippen LogP contribution in [0.2, 0.25) is 0 Å². The van der Waals surface area contributed by atoms with Gasteiger partial charge in [-0.3, -0.25) is 9.00 Å². The van der Waals surface area contributed by atoms with E-state index in [4.69, 9.17) is 12.2 Å². The van der Waals surface area contributed by atoms with Crippen molar-refractivity contribution >= 4 is 43.5 Å². The van der Waals surface area contributed by atoms with Gasteiger partial charge in [0.25, 0.3) is 0 Å². The van der Waals surface area contributed by atoms with Gasteiger partial charge in [-0.25, -0.2) is 8.42 Å². The fourth-order valence-corrected chi connectivity index (χ4v) is 19.3. The Labute approximate surface area is 340 Å². The Morgan fingerprint density at radius 1 is 0.491 bits per heavy atom. The summed E-state index contributed by atoms with van der Waals surface area (Å²) in [6, 6.07) is 0. The number of Topliss-reactive ketones (excluding diaryl/α,β-unsaturated/α-hetero) is 1. The van der Waals surface area contributed by atoms with Crippen molar-refractivity contribution in [2.75, 3.05) is 0 Å². The van der Waals surface area contributed by atoms with Crippen LogP contribution in [0.15, 0.2) is 0 Å². The van der Waals surface area contributed by atoms with Crippen molar-refractivity contribution in [3.05, 3.63) is 0 Å². The van der Waals surface area contributed by atoms with Gasteiger partial charge in [-0.2, -0.15) is 0 Å². The molecule has 0 aliphatic rings. The third-order valence-corrected chi connectivity index (χ3v) is 25.2. The van der Waals surface area contributed by atoms with E-state index >= 15 is 12.6 Å². The van der Waals surface area contributed by atoms with E-state index in [1.54, 1.807) is 0 Å². The molecule has 0 saturated heterocycles. The van der Waals surface area contributed by atoms with Gasteiger partial charge in [0, 0.05) is 37.3 Å². The van der Waals surface area contributed by atoms with E-state index in [0.29, 0.717) is 57.1 Å². The molecule has 0 aromatic carbocycles. The molecule has 0 N–H and O–H groups in total. The van der Waals surface area contributed by atoms with Crippen LogP contribution in [-0.4, -0.2) is 42.3 Å². The van der Waals surface area contributed by atoms with Crippen LogP contribution < -0.4 is 0 Å². The van der Waals surface area contributed by atoms with Crippen LogP contribution >= 0.6 is 12.2 Å². The molecule has 7 heteroatoms. The van der Waals surface area contributed by atoms with Gasteiger partial charge in [0.2, 0.25) is 0 Å². The molecule has 316 valence electrons. The van der Waals surface area contributed by atoms with E-state index < -0.39 is 50.5 Å². The van der Waals surface area contributed by atoms with Crippen molar-refractivity contribution in [1.29, 1.82) is 0 Å². The van der Waals surface area contributed by atoms with Crippen LogP contribution in [-0.2, 0) is 25.4 Å². The zero-order chi connectivity index (χ0) is 42.0. The number of ketones is 1. The normalized spacial score (nSPS) is 15.1. The fourth-order valence-electron chi connectivity index (χ4n) is 11.4.